The van der Waals surface area contributed by atoms with Crippen LogP contribution in [0.15, 0.2) is 30.6 Å². The van der Waals surface area contributed by atoms with E-state index in [2.05, 4.69) is 20.8 Å². The first kappa shape index (κ1) is 9.47. The third kappa shape index (κ3) is 2.23. The molecule has 0 saturated heterocycles. The predicted molar refractivity (Wildman–Crippen MR) is 58.5 cm³/mol. The van der Waals surface area contributed by atoms with Gasteiger partial charge in [-0.1, -0.05) is 0 Å². The second-order valence-electron chi connectivity index (χ2n) is 3.07. The molecule has 0 aliphatic carbocycles. The number of hydrogen-bond donors (Lipinski definition) is 3. The Balaban J connectivity index is 2.16. The molecule has 0 amide bonds. The number of aryl methyl sites for hydroxylation is 1. The molecule has 2 aromatic heterocycles. The Bertz CT molecular complexity index is 449. The van der Waals surface area contributed by atoms with Crippen LogP contribution in [0.2, 0.25) is 0 Å². The van der Waals surface area contributed by atoms with Gasteiger partial charge in [0.15, 0.2) is 5.82 Å². The van der Waals surface area contributed by atoms with E-state index >= 15 is 0 Å². The SMILES string of the molecule is Cn1ccc(Nc2ccnc(NN)c2)n1. The number of hydrogen-bond acceptors (Lipinski definition) is 5. The Kier molecular flexibility index (Phi) is 2.51. The van der Waals surface area contributed by atoms with Crippen LogP contribution in [-0.2, 0) is 7.05 Å². The summed E-state index contributed by atoms with van der Waals surface area (Å²) in [4.78, 5) is 4.00. The Morgan fingerprint density at radius 2 is 2.20 bits per heavy atom. The normalized spacial score (nSPS) is 10.0. The number of aromatic nitrogens is 3. The molecule has 0 saturated carbocycles. The van der Waals surface area contributed by atoms with E-state index in [1.165, 1.54) is 0 Å². The van der Waals surface area contributed by atoms with E-state index in [0.29, 0.717) is 5.82 Å². The number of nitrogens with one attached hydrogen (secondary N) is 2. The quantitative estimate of drug-likeness (QED) is 0.510. The maximum atomic E-state index is 5.26. The van der Waals surface area contributed by atoms with Crippen molar-refractivity contribution in [2.45, 2.75) is 0 Å². The van der Waals surface area contributed by atoms with Gasteiger partial charge in [0.25, 0.3) is 0 Å². The topological polar surface area (TPSA) is 80.8 Å². The summed E-state index contributed by atoms with van der Waals surface area (Å²) in [5, 5.41) is 7.33. The molecular weight excluding hydrogens is 192 g/mol. The summed E-state index contributed by atoms with van der Waals surface area (Å²) in [7, 11) is 1.87. The number of nitrogens with zero attached hydrogens (tertiary/aromatic N) is 3. The minimum atomic E-state index is 0.607. The number of hydrazine groups is 1. The van der Waals surface area contributed by atoms with Gasteiger partial charge in [0.1, 0.15) is 5.82 Å². The molecule has 0 aliphatic rings. The number of pyridine rings is 1. The smallest absolute Gasteiger partial charge is 0.152 e. The molecule has 0 spiro atoms. The van der Waals surface area contributed by atoms with Crippen molar-refractivity contribution in [1.29, 1.82) is 0 Å². The summed E-state index contributed by atoms with van der Waals surface area (Å²) in [6.45, 7) is 0. The van der Waals surface area contributed by atoms with E-state index in [1.807, 2.05) is 25.4 Å². The molecule has 4 N–H and O–H groups in total. The van der Waals surface area contributed by atoms with Crippen molar-refractivity contribution in [1.82, 2.24) is 14.8 Å². The first-order valence-electron chi connectivity index (χ1n) is 4.47. The molecule has 0 bridgehead atoms. The highest BCUT2D eigenvalue weighted by Gasteiger charge is 1.98. The number of nitrogen functional groups attached to an aromatic ring is 1. The molecular formula is C9H12N6. The standard InChI is InChI=1S/C9H12N6/c1-15-5-3-8(14-15)12-7-2-4-11-9(6-7)13-10/h2-6H,10H2,1H3,(H2,11,12,13,14). The summed E-state index contributed by atoms with van der Waals surface area (Å²) in [5.41, 5.74) is 3.37. The number of rotatable bonds is 3. The van der Waals surface area contributed by atoms with Crippen molar-refractivity contribution in [2.75, 3.05) is 10.7 Å². The van der Waals surface area contributed by atoms with Crippen LogP contribution in [0, 0.1) is 0 Å². The fourth-order valence-electron chi connectivity index (χ4n) is 1.22. The van der Waals surface area contributed by atoms with Crippen LogP contribution >= 0.6 is 0 Å². The molecule has 2 heterocycles. The van der Waals surface area contributed by atoms with Gasteiger partial charge in [-0.25, -0.2) is 10.8 Å². The van der Waals surface area contributed by atoms with E-state index in [-0.39, 0.29) is 0 Å². The van der Waals surface area contributed by atoms with E-state index in [0.717, 1.165) is 11.5 Å². The lowest BCUT2D eigenvalue weighted by molar-refractivity contribution is 0.771. The first-order chi connectivity index (χ1) is 7.28. The predicted octanol–water partition coefficient (Wildman–Crippen LogP) is 0.844. The average molecular weight is 204 g/mol. The van der Waals surface area contributed by atoms with Gasteiger partial charge in [0.05, 0.1) is 0 Å². The molecule has 2 aromatic rings. The molecule has 78 valence electrons. The van der Waals surface area contributed by atoms with Crippen LogP contribution < -0.4 is 16.6 Å². The van der Waals surface area contributed by atoms with Crippen LogP contribution in [-0.4, -0.2) is 14.8 Å². The van der Waals surface area contributed by atoms with Gasteiger partial charge < -0.3 is 10.7 Å². The number of nitrogens with two attached hydrogens (primary N) is 1. The molecule has 0 atom stereocenters. The summed E-state index contributed by atoms with van der Waals surface area (Å²) < 4.78 is 1.73. The highest BCUT2D eigenvalue weighted by Crippen LogP contribution is 2.15. The van der Waals surface area contributed by atoms with Crippen molar-refractivity contribution in [2.24, 2.45) is 12.9 Å². The molecule has 6 heteroatoms. The summed E-state index contributed by atoms with van der Waals surface area (Å²) in [6.07, 6.45) is 3.53. The second-order valence-corrected chi connectivity index (χ2v) is 3.07. The zero-order valence-corrected chi connectivity index (χ0v) is 8.31. The molecule has 0 fully saturated rings. The van der Waals surface area contributed by atoms with Crippen molar-refractivity contribution in [3.63, 3.8) is 0 Å². The van der Waals surface area contributed by atoms with Gasteiger partial charge in [-0.3, -0.25) is 4.68 Å². The zero-order valence-electron chi connectivity index (χ0n) is 8.31. The second kappa shape index (κ2) is 3.97. The van der Waals surface area contributed by atoms with Crippen LogP contribution in [0.4, 0.5) is 17.3 Å². The fourth-order valence-corrected chi connectivity index (χ4v) is 1.22. The molecule has 15 heavy (non-hydrogen) atoms. The molecule has 0 aromatic carbocycles. The van der Waals surface area contributed by atoms with Gasteiger partial charge in [-0.15, -0.1) is 0 Å². The van der Waals surface area contributed by atoms with Gasteiger partial charge in [0, 0.05) is 37.3 Å². The van der Waals surface area contributed by atoms with Crippen LogP contribution in [0.1, 0.15) is 0 Å². The van der Waals surface area contributed by atoms with E-state index < -0.39 is 0 Å². The van der Waals surface area contributed by atoms with Crippen LogP contribution in [0.3, 0.4) is 0 Å². The zero-order chi connectivity index (χ0) is 10.7. The van der Waals surface area contributed by atoms with E-state index in [4.69, 9.17) is 5.84 Å². The van der Waals surface area contributed by atoms with Crippen molar-refractivity contribution < 1.29 is 0 Å². The first-order valence-corrected chi connectivity index (χ1v) is 4.47. The van der Waals surface area contributed by atoms with Crippen molar-refractivity contribution in [3.05, 3.63) is 30.6 Å². The molecule has 2 rings (SSSR count). The summed E-state index contributed by atoms with van der Waals surface area (Å²) in [6, 6.07) is 5.53. The van der Waals surface area contributed by atoms with Crippen LogP contribution in [0.25, 0.3) is 0 Å². The largest absolute Gasteiger partial charge is 0.339 e. The van der Waals surface area contributed by atoms with Crippen molar-refractivity contribution >= 4 is 17.3 Å². The minimum Gasteiger partial charge on any atom is -0.339 e. The summed E-state index contributed by atoms with van der Waals surface area (Å²) in [5.74, 6) is 6.65. The highest BCUT2D eigenvalue weighted by molar-refractivity contribution is 5.59. The monoisotopic (exact) mass is 204 g/mol. The third-order valence-electron chi connectivity index (χ3n) is 1.89. The third-order valence-corrected chi connectivity index (χ3v) is 1.89. The van der Waals surface area contributed by atoms with Gasteiger partial charge in [0.2, 0.25) is 0 Å². The lowest BCUT2D eigenvalue weighted by Gasteiger charge is -2.04. The minimum absolute atomic E-state index is 0.607. The summed E-state index contributed by atoms with van der Waals surface area (Å²) >= 11 is 0. The maximum Gasteiger partial charge on any atom is 0.152 e. The molecule has 0 radical (unpaired) electrons. The van der Waals surface area contributed by atoms with Crippen LogP contribution in [0.5, 0.6) is 0 Å². The lowest BCUT2D eigenvalue weighted by atomic mass is 10.4. The maximum absolute atomic E-state index is 5.26. The van der Waals surface area contributed by atoms with Gasteiger partial charge in [-0.05, 0) is 6.07 Å². The van der Waals surface area contributed by atoms with E-state index in [1.54, 1.807) is 16.9 Å². The average Bonchev–Trinajstić information content (AvgIpc) is 2.64. The molecule has 0 unspecified atom stereocenters. The van der Waals surface area contributed by atoms with E-state index in [9.17, 15) is 0 Å². The lowest BCUT2D eigenvalue weighted by Crippen LogP contribution is -2.08. The Morgan fingerprint density at radius 1 is 1.33 bits per heavy atom. The fraction of sp³-hybridized carbons (Fsp3) is 0.111. The number of anilines is 3. The van der Waals surface area contributed by atoms with Gasteiger partial charge >= 0.3 is 0 Å². The Hall–Kier alpha value is -2.08. The van der Waals surface area contributed by atoms with Crippen molar-refractivity contribution in [3.8, 4) is 0 Å². The molecule has 6 nitrogen and oxygen atoms in total. The Morgan fingerprint density at radius 3 is 2.87 bits per heavy atom. The Labute approximate surface area is 87.1 Å². The molecule has 0 aliphatic heterocycles. The highest BCUT2D eigenvalue weighted by atomic mass is 15.3. The van der Waals surface area contributed by atoms with Gasteiger partial charge in [-0.2, -0.15) is 5.10 Å².